The summed E-state index contributed by atoms with van der Waals surface area (Å²) in [5, 5.41) is 0. The van der Waals surface area contributed by atoms with E-state index in [-0.39, 0.29) is 0 Å². The zero-order valence-electron chi connectivity index (χ0n) is 10.8. The van der Waals surface area contributed by atoms with E-state index in [9.17, 15) is 0 Å². The Balaban J connectivity index is 0. The van der Waals surface area contributed by atoms with Crippen LogP contribution in [0.3, 0.4) is 0 Å². The van der Waals surface area contributed by atoms with E-state index in [0.29, 0.717) is 0 Å². The second kappa shape index (κ2) is 13.6. The van der Waals surface area contributed by atoms with Gasteiger partial charge >= 0.3 is 9.53 Å². The molecule has 0 fully saturated rings. The number of allylic oxidation sites excluding steroid dienone is 1. The van der Waals surface area contributed by atoms with Crippen LogP contribution in [0.25, 0.3) is 0 Å². The normalized spacial score (nSPS) is 10.3. The first-order valence-electron chi connectivity index (χ1n) is 5.15. The molecule has 0 atom stereocenters. The van der Waals surface area contributed by atoms with E-state index in [0.717, 1.165) is 13.1 Å². The molecular formula is C10H25NO3Si. The maximum absolute atomic E-state index is 4.74. The summed E-state index contributed by atoms with van der Waals surface area (Å²) in [6.07, 6.45) is 4.17. The van der Waals surface area contributed by atoms with Gasteiger partial charge < -0.3 is 18.2 Å². The lowest BCUT2D eigenvalue weighted by Crippen LogP contribution is -2.21. The molecule has 0 radical (unpaired) electrons. The summed E-state index contributed by atoms with van der Waals surface area (Å²) < 4.78 is 14.2. The van der Waals surface area contributed by atoms with Gasteiger partial charge in [-0.15, -0.1) is 0 Å². The van der Waals surface area contributed by atoms with Crippen LogP contribution in [0.1, 0.15) is 20.8 Å². The van der Waals surface area contributed by atoms with E-state index in [4.69, 9.17) is 13.3 Å². The smallest absolute Gasteiger partial charge is 0.379 e. The SMILES string of the molecule is CC=CN(CC)CC.CO[SiH](OC)OC. The number of hydrogen-bond donors (Lipinski definition) is 0. The van der Waals surface area contributed by atoms with E-state index < -0.39 is 9.53 Å². The molecule has 0 spiro atoms. The zero-order chi connectivity index (χ0) is 12.1. The molecule has 92 valence electrons. The standard InChI is InChI=1S/C7H15N.C3H10O3Si/c1-4-7-8(5-2)6-3;1-4-7(5-2)6-3/h4,7H,5-6H2,1-3H3;7H,1-3H3. The molecule has 0 amide bonds. The average Bonchev–Trinajstić information content (AvgIpc) is 2.29. The Hall–Kier alpha value is -0.363. The van der Waals surface area contributed by atoms with Crippen molar-refractivity contribution in [2.45, 2.75) is 20.8 Å². The molecule has 0 bridgehead atoms. The second-order valence-corrected chi connectivity index (χ2v) is 4.69. The third kappa shape index (κ3) is 11.6. The van der Waals surface area contributed by atoms with Crippen molar-refractivity contribution >= 4 is 9.53 Å². The highest BCUT2D eigenvalue weighted by atomic mass is 28.3. The molecule has 0 rings (SSSR count). The number of hydrogen-bond acceptors (Lipinski definition) is 4. The van der Waals surface area contributed by atoms with Crippen molar-refractivity contribution in [3.63, 3.8) is 0 Å². The van der Waals surface area contributed by atoms with Crippen molar-refractivity contribution in [1.82, 2.24) is 4.90 Å². The quantitative estimate of drug-likeness (QED) is 0.653. The fraction of sp³-hybridized carbons (Fsp3) is 0.800. The van der Waals surface area contributed by atoms with E-state index in [1.165, 1.54) is 0 Å². The van der Waals surface area contributed by atoms with Crippen LogP contribution in [-0.2, 0) is 13.3 Å². The number of rotatable bonds is 6. The van der Waals surface area contributed by atoms with Crippen LogP contribution in [0.4, 0.5) is 0 Å². The highest BCUT2D eigenvalue weighted by Gasteiger charge is 2.04. The highest BCUT2D eigenvalue weighted by Crippen LogP contribution is 1.85. The van der Waals surface area contributed by atoms with Gasteiger partial charge in [0.2, 0.25) is 0 Å². The van der Waals surface area contributed by atoms with Crippen LogP contribution < -0.4 is 0 Å². The van der Waals surface area contributed by atoms with Gasteiger partial charge in [-0.2, -0.15) is 0 Å². The minimum atomic E-state index is -1.67. The van der Waals surface area contributed by atoms with Gasteiger partial charge in [-0.25, -0.2) is 0 Å². The zero-order valence-corrected chi connectivity index (χ0v) is 12.0. The van der Waals surface area contributed by atoms with Gasteiger partial charge in [0.25, 0.3) is 0 Å². The predicted octanol–water partition coefficient (Wildman–Crippen LogP) is 1.50. The Morgan fingerprint density at radius 1 is 1.00 bits per heavy atom. The van der Waals surface area contributed by atoms with Crippen LogP contribution in [-0.4, -0.2) is 48.8 Å². The molecule has 0 saturated carbocycles. The first-order valence-corrected chi connectivity index (χ1v) is 6.56. The monoisotopic (exact) mass is 235 g/mol. The van der Waals surface area contributed by atoms with Gasteiger partial charge in [-0.05, 0) is 27.0 Å². The summed E-state index contributed by atoms with van der Waals surface area (Å²) >= 11 is 0. The summed E-state index contributed by atoms with van der Waals surface area (Å²) in [7, 11) is 3.05. The van der Waals surface area contributed by atoms with Crippen molar-refractivity contribution in [1.29, 1.82) is 0 Å². The molecule has 0 unspecified atom stereocenters. The first kappa shape index (κ1) is 17.0. The van der Waals surface area contributed by atoms with E-state index in [1.54, 1.807) is 21.3 Å². The molecule has 0 aromatic rings. The maximum atomic E-state index is 4.74. The summed E-state index contributed by atoms with van der Waals surface area (Å²) in [6.45, 7) is 8.58. The largest absolute Gasteiger partial charge is 0.483 e. The van der Waals surface area contributed by atoms with Gasteiger partial charge in [0.05, 0.1) is 0 Å². The Bertz CT molecular complexity index is 131. The average molecular weight is 235 g/mol. The van der Waals surface area contributed by atoms with Crippen LogP contribution in [0, 0.1) is 0 Å². The van der Waals surface area contributed by atoms with Crippen LogP contribution in [0.5, 0.6) is 0 Å². The van der Waals surface area contributed by atoms with E-state index in [2.05, 4.69) is 31.0 Å². The van der Waals surface area contributed by atoms with Crippen molar-refractivity contribution in [2.24, 2.45) is 0 Å². The van der Waals surface area contributed by atoms with Crippen LogP contribution in [0.15, 0.2) is 12.3 Å². The molecule has 0 heterocycles. The third-order valence-electron chi connectivity index (χ3n) is 1.75. The lowest BCUT2D eigenvalue weighted by Gasteiger charge is -2.13. The van der Waals surface area contributed by atoms with Gasteiger partial charge in [-0.1, -0.05) is 6.08 Å². The maximum Gasteiger partial charge on any atom is 0.483 e. The molecule has 0 saturated heterocycles. The fourth-order valence-corrected chi connectivity index (χ4v) is 1.51. The highest BCUT2D eigenvalue weighted by molar-refractivity contribution is 6.36. The van der Waals surface area contributed by atoms with E-state index in [1.807, 2.05) is 6.92 Å². The lowest BCUT2D eigenvalue weighted by atomic mass is 10.5. The minimum Gasteiger partial charge on any atom is -0.379 e. The molecular weight excluding hydrogens is 210 g/mol. The van der Waals surface area contributed by atoms with Crippen molar-refractivity contribution in [3.05, 3.63) is 12.3 Å². The lowest BCUT2D eigenvalue weighted by molar-refractivity contribution is 0.163. The molecule has 0 aromatic heterocycles. The van der Waals surface area contributed by atoms with Crippen molar-refractivity contribution in [2.75, 3.05) is 34.4 Å². The molecule has 0 aliphatic heterocycles. The Labute approximate surface area is 95.8 Å². The topological polar surface area (TPSA) is 30.9 Å². The molecule has 0 aliphatic rings. The van der Waals surface area contributed by atoms with Crippen molar-refractivity contribution < 1.29 is 13.3 Å². The van der Waals surface area contributed by atoms with Gasteiger partial charge in [0.1, 0.15) is 0 Å². The minimum absolute atomic E-state index is 1.11. The summed E-state index contributed by atoms with van der Waals surface area (Å²) in [6, 6.07) is 0. The third-order valence-corrected chi connectivity index (χ3v) is 2.90. The molecule has 0 aromatic carbocycles. The Kier molecular flexibility index (Phi) is 15.5. The van der Waals surface area contributed by atoms with Crippen LogP contribution >= 0.6 is 0 Å². The van der Waals surface area contributed by atoms with Gasteiger partial charge in [-0.3, -0.25) is 0 Å². The molecule has 5 heteroatoms. The van der Waals surface area contributed by atoms with Gasteiger partial charge in [0.15, 0.2) is 0 Å². The summed E-state index contributed by atoms with van der Waals surface area (Å²) in [5.74, 6) is 0. The Morgan fingerprint density at radius 3 is 1.47 bits per heavy atom. The fourth-order valence-electron chi connectivity index (χ4n) is 0.934. The first-order chi connectivity index (χ1) is 7.19. The summed E-state index contributed by atoms with van der Waals surface area (Å²) in [5.41, 5.74) is 0. The summed E-state index contributed by atoms with van der Waals surface area (Å²) in [4.78, 5) is 2.25. The van der Waals surface area contributed by atoms with Crippen LogP contribution in [0.2, 0.25) is 0 Å². The molecule has 15 heavy (non-hydrogen) atoms. The number of nitrogens with zero attached hydrogens (tertiary/aromatic N) is 1. The second-order valence-electron chi connectivity index (χ2n) is 2.70. The van der Waals surface area contributed by atoms with Gasteiger partial charge in [0, 0.05) is 34.4 Å². The van der Waals surface area contributed by atoms with Crippen molar-refractivity contribution in [3.8, 4) is 0 Å². The predicted molar refractivity (Wildman–Crippen MR) is 65.9 cm³/mol. The molecule has 0 N–H and O–H groups in total. The Morgan fingerprint density at radius 2 is 1.40 bits per heavy atom. The molecule has 0 aliphatic carbocycles. The van der Waals surface area contributed by atoms with E-state index >= 15 is 0 Å². The molecule has 4 nitrogen and oxygen atoms in total.